The molecule has 0 aliphatic carbocycles. The van der Waals surface area contributed by atoms with E-state index in [2.05, 4.69) is 28.6 Å². The van der Waals surface area contributed by atoms with E-state index in [1.807, 2.05) is 30.3 Å². The lowest BCUT2D eigenvalue weighted by Gasteiger charge is -2.26. The third-order valence-electron chi connectivity index (χ3n) is 5.29. The number of aliphatic carboxylic acids is 1. The van der Waals surface area contributed by atoms with Gasteiger partial charge in [0.2, 0.25) is 17.7 Å². The predicted molar refractivity (Wildman–Crippen MR) is 127 cm³/mol. The first-order valence-corrected chi connectivity index (χ1v) is 11.4. The highest BCUT2D eigenvalue weighted by molar-refractivity contribution is 7.80. The average Bonchev–Trinajstić information content (AvgIpc) is 2.78. The first-order valence-electron chi connectivity index (χ1n) is 10.7. The van der Waals surface area contributed by atoms with Crippen LogP contribution in [-0.2, 0) is 25.6 Å². The summed E-state index contributed by atoms with van der Waals surface area (Å²) in [4.78, 5) is 49.3. The Morgan fingerprint density at radius 1 is 0.970 bits per heavy atom. The zero-order valence-corrected chi connectivity index (χ0v) is 19.9. The molecule has 184 valence electrons. The first kappa shape index (κ1) is 28.4. The van der Waals surface area contributed by atoms with Gasteiger partial charge in [0.15, 0.2) is 0 Å². The molecule has 1 aromatic carbocycles. The second-order valence-electron chi connectivity index (χ2n) is 7.98. The van der Waals surface area contributed by atoms with Gasteiger partial charge >= 0.3 is 5.97 Å². The quantitative estimate of drug-likeness (QED) is 0.185. The Balaban J connectivity index is 2.81. The third-order valence-corrected chi connectivity index (χ3v) is 5.66. The van der Waals surface area contributed by atoms with Crippen molar-refractivity contribution in [2.45, 2.75) is 63.9 Å². The van der Waals surface area contributed by atoms with Crippen molar-refractivity contribution in [2.24, 2.45) is 11.7 Å². The van der Waals surface area contributed by atoms with Gasteiger partial charge in [0, 0.05) is 5.75 Å². The monoisotopic (exact) mass is 482 g/mol. The van der Waals surface area contributed by atoms with Gasteiger partial charge in [0.25, 0.3) is 0 Å². The predicted octanol–water partition coefficient (Wildman–Crippen LogP) is -0.548. The Hall–Kier alpha value is -2.63. The van der Waals surface area contributed by atoms with Gasteiger partial charge in [-0.05, 0) is 24.8 Å². The number of carboxylic acids is 1. The van der Waals surface area contributed by atoms with Gasteiger partial charge in [-0.15, -0.1) is 0 Å². The maximum Gasteiger partial charge on any atom is 0.326 e. The number of nitrogens with two attached hydrogens (primary N) is 1. The average molecular weight is 483 g/mol. The van der Waals surface area contributed by atoms with E-state index in [0.717, 1.165) is 5.56 Å². The van der Waals surface area contributed by atoms with Crippen molar-refractivity contribution in [3.63, 3.8) is 0 Å². The fourth-order valence-corrected chi connectivity index (χ4v) is 3.28. The summed E-state index contributed by atoms with van der Waals surface area (Å²) in [6.07, 6.45) is -0.531. The van der Waals surface area contributed by atoms with Crippen LogP contribution in [0.3, 0.4) is 0 Å². The molecule has 6 atom stereocenters. The van der Waals surface area contributed by atoms with E-state index < -0.39 is 54.0 Å². The topological polar surface area (TPSA) is 171 Å². The van der Waals surface area contributed by atoms with Crippen LogP contribution < -0.4 is 21.7 Å². The summed E-state index contributed by atoms with van der Waals surface area (Å²) in [7, 11) is 0. The molecule has 0 saturated heterocycles. The molecule has 10 nitrogen and oxygen atoms in total. The Kier molecular flexibility index (Phi) is 11.9. The van der Waals surface area contributed by atoms with Gasteiger partial charge in [-0.25, -0.2) is 4.79 Å². The van der Waals surface area contributed by atoms with Crippen molar-refractivity contribution in [3.8, 4) is 0 Å². The Morgan fingerprint density at radius 3 is 2.03 bits per heavy atom. The number of benzene rings is 1. The molecular formula is C22H34N4O6S. The number of hydrogen-bond donors (Lipinski definition) is 7. The van der Waals surface area contributed by atoms with Crippen molar-refractivity contribution < 1.29 is 29.4 Å². The van der Waals surface area contributed by atoms with E-state index in [4.69, 9.17) is 5.73 Å². The number of aliphatic hydroxyl groups excluding tert-OH is 1. The van der Waals surface area contributed by atoms with E-state index >= 15 is 0 Å². The van der Waals surface area contributed by atoms with Crippen LogP contribution in [0.4, 0.5) is 0 Å². The molecule has 3 amide bonds. The lowest BCUT2D eigenvalue weighted by atomic mass is 9.99. The summed E-state index contributed by atoms with van der Waals surface area (Å²) in [5.41, 5.74) is 6.77. The Morgan fingerprint density at radius 2 is 1.55 bits per heavy atom. The van der Waals surface area contributed by atoms with Gasteiger partial charge in [0.1, 0.15) is 18.1 Å². The SMILES string of the molecule is CCC(C)C(NC(=O)C(CS)NC(=O)C(NC(=O)C(N)Cc1ccccc1)C(C)O)C(=O)O. The molecule has 0 saturated carbocycles. The van der Waals surface area contributed by atoms with Crippen LogP contribution in [0.25, 0.3) is 0 Å². The second-order valence-corrected chi connectivity index (χ2v) is 8.34. The third kappa shape index (κ3) is 9.03. The molecule has 7 N–H and O–H groups in total. The van der Waals surface area contributed by atoms with Crippen molar-refractivity contribution in [1.29, 1.82) is 0 Å². The van der Waals surface area contributed by atoms with E-state index in [9.17, 15) is 29.4 Å². The molecule has 11 heteroatoms. The summed E-state index contributed by atoms with van der Waals surface area (Å²) in [6.45, 7) is 4.79. The minimum atomic E-state index is -1.38. The van der Waals surface area contributed by atoms with Gasteiger partial charge in [0.05, 0.1) is 12.1 Å². The number of nitrogens with one attached hydrogen (secondary N) is 3. The fourth-order valence-electron chi connectivity index (χ4n) is 3.02. The number of carbonyl (C=O) groups is 4. The molecule has 0 aromatic heterocycles. The van der Waals surface area contributed by atoms with Gasteiger partial charge < -0.3 is 31.9 Å². The maximum atomic E-state index is 12.7. The zero-order valence-electron chi connectivity index (χ0n) is 19.0. The second kappa shape index (κ2) is 13.8. The molecular weight excluding hydrogens is 448 g/mol. The number of amides is 3. The normalized spacial score (nSPS) is 16.4. The van der Waals surface area contributed by atoms with Crippen LogP contribution in [0.5, 0.6) is 0 Å². The van der Waals surface area contributed by atoms with E-state index in [0.29, 0.717) is 6.42 Å². The first-order chi connectivity index (χ1) is 15.5. The molecule has 0 bridgehead atoms. The smallest absolute Gasteiger partial charge is 0.326 e. The Bertz CT molecular complexity index is 807. The summed E-state index contributed by atoms with van der Waals surface area (Å²) in [5.74, 6) is -3.85. The largest absolute Gasteiger partial charge is 0.480 e. The molecule has 1 rings (SSSR count). The minimum absolute atomic E-state index is 0.127. The molecule has 0 spiro atoms. The van der Waals surface area contributed by atoms with Crippen molar-refractivity contribution in [3.05, 3.63) is 35.9 Å². The lowest BCUT2D eigenvalue weighted by molar-refractivity contribution is -0.143. The van der Waals surface area contributed by atoms with Crippen LogP contribution >= 0.6 is 12.6 Å². The number of carboxylic acid groups (broad SMARTS) is 1. The summed E-state index contributed by atoms with van der Waals surface area (Å²) >= 11 is 4.06. The van der Waals surface area contributed by atoms with Crippen molar-refractivity contribution in [1.82, 2.24) is 16.0 Å². The molecule has 0 radical (unpaired) electrons. The van der Waals surface area contributed by atoms with Crippen molar-refractivity contribution in [2.75, 3.05) is 5.75 Å². The number of thiol groups is 1. The molecule has 0 heterocycles. The molecule has 6 unspecified atom stereocenters. The summed E-state index contributed by atoms with van der Waals surface area (Å²) in [5, 5.41) is 26.6. The van der Waals surface area contributed by atoms with Crippen molar-refractivity contribution >= 4 is 36.3 Å². The number of carbonyl (C=O) groups excluding carboxylic acids is 3. The van der Waals surface area contributed by atoms with E-state index in [1.165, 1.54) is 6.92 Å². The standard InChI is InChI=1S/C22H34N4O6S/c1-4-12(2)17(22(31)32)25-20(29)16(11-33)24-21(30)18(13(3)27)26-19(28)15(23)10-14-8-6-5-7-9-14/h5-9,12-13,15-18,27,33H,4,10-11,23H2,1-3H3,(H,24,30)(H,25,29)(H,26,28)(H,31,32). The van der Waals surface area contributed by atoms with E-state index in [-0.39, 0.29) is 18.1 Å². The highest BCUT2D eigenvalue weighted by atomic mass is 32.1. The molecule has 1 aromatic rings. The zero-order chi connectivity index (χ0) is 25.1. The molecule has 0 aliphatic heterocycles. The highest BCUT2D eigenvalue weighted by Crippen LogP contribution is 2.09. The maximum absolute atomic E-state index is 12.7. The van der Waals surface area contributed by atoms with Crippen LogP contribution in [0.2, 0.25) is 0 Å². The van der Waals surface area contributed by atoms with Crippen LogP contribution in [-0.4, -0.2) is 69.9 Å². The van der Waals surface area contributed by atoms with Crippen LogP contribution in [0, 0.1) is 5.92 Å². The van der Waals surface area contributed by atoms with Crippen LogP contribution in [0.15, 0.2) is 30.3 Å². The number of hydrogen-bond acceptors (Lipinski definition) is 7. The van der Waals surface area contributed by atoms with Crippen LogP contribution in [0.1, 0.15) is 32.8 Å². The Labute approximate surface area is 199 Å². The summed E-state index contributed by atoms with van der Waals surface area (Å²) in [6, 6.07) is 4.43. The van der Waals surface area contributed by atoms with Gasteiger partial charge in [-0.3, -0.25) is 14.4 Å². The van der Waals surface area contributed by atoms with Gasteiger partial charge in [-0.2, -0.15) is 12.6 Å². The summed E-state index contributed by atoms with van der Waals surface area (Å²) < 4.78 is 0. The molecule has 0 fully saturated rings. The molecule has 0 aliphatic rings. The number of rotatable bonds is 13. The minimum Gasteiger partial charge on any atom is -0.480 e. The van der Waals surface area contributed by atoms with E-state index in [1.54, 1.807) is 13.8 Å². The molecule has 33 heavy (non-hydrogen) atoms. The highest BCUT2D eigenvalue weighted by Gasteiger charge is 2.33. The lowest BCUT2D eigenvalue weighted by Crippen LogP contribution is -2.60. The fraction of sp³-hybridized carbons (Fsp3) is 0.545. The van der Waals surface area contributed by atoms with Gasteiger partial charge in [-0.1, -0.05) is 50.6 Å². The number of aliphatic hydroxyl groups is 1.